The first-order valence-corrected chi connectivity index (χ1v) is 8.15. The molecule has 8 heteroatoms. The third-order valence-electron chi connectivity index (χ3n) is 3.29. The molecule has 1 heterocycles. The Hall–Kier alpha value is -2.58. The van der Waals surface area contributed by atoms with Gasteiger partial charge in [-0.1, -0.05) is 12.1 Å². The Bertz CT molecular complexity index is 862. The number of ether oxygens (including phenoxy) is 2. The SMILES string of the molecule is O=C(O)c1cccc(CNS(=O)(=O)c2ccc3c(c2)OCO3)c1. The van der Waals surface area contributed by atoms with E-state index in [4.69, 9.17) is 14.6 Å². The van der Waals surface area contributed by atoms with Crippen LogP contribution in [-0.2, 0) is 16.6 Å². The van der Waals surface area contributed by atoms with Gasteiger partial charge in [-0.3, -0.25) is 0 Å². The van der Waals surface area contributed by atoms with Crippen LogP contribution in [0.25, 0.3) is 0 Å². The molecular weight excluding hydrogens is 322 g/mol. The van der Waals surface area contributed by atoms with Crippen LogP contribution in [0.2, 0.25) is 0 Å². The highest BCUT2D eigenvalue weighted by atomic mass is 32.2. The summed E-state index contributed by atoms with van der Waals surface area (Å²) in [5.74, 6) is -0.190. The van der Waals surface area contributed by atoms with Crippen LogP contribution in [0, 0.1) is 0 Å². The van der Waals surface area contributed by atoms with Gasteiger partial charge in [0.1, 0.15) is 0 Å². The van der Waals surface area contributed by atoms with Gasteiger partial charge in [0.05, 0.1) is 10.5 Å². The second-order valence-electron chi connectivity index (χ2n) is 4.85. The number of rotatable bonds is 5. The highest BCUT2D eigenvalue weighted by Crippen LogP contribution is 2.33. The van der Waals surface area contributed by atoms with Crippen molar-refractivity contribution >= 4 is 16.0 Å². The molecule has 3 rings (SSSR count). The molecule has 0 bridgehead atoms. The van der Waals surface area contributed by atoms with Crippen LogP contribution < -0.4 is 14.2 Å². The molecule has 120 valence electrons. The molecule has 1 aliphatic heterocycles. The van der Waals surface area contributed by atoms with Crippen LogP contribution in [0.3, 0.4) is 0 Å². The van der Waals surface area contributed by atoms with E-state index in [1.807, 2.05) is 0 Å². The van der Waals surface area contributed by atoms with E-state index >= 15 is 0 Å². The van der Waals surface area contributed by atoms with Crippen molar-refractivity contribution in [2.45, 2.75) is 11.4 Å². The van der Waals surface area contributed by atoms with E-state index in [2.05, 4.69) is 4.72 Å². The first-order chi connectivity index (χ1) is 11.0. The molecule has 0 fully saturated rings. The molecule has 0 saturated heterocycles. The maximum Gasteiger partial charge on any atom is 0.335 e. The number of aromatic carboxylic acids is 1. The average molecular weight is 335 g/mol. The summed E-state index contributed by atoms with van der Waals surface area (Å²) in [6, 6.07) is 10.4. The normalized spacial score (nSPS) is 13.0. The lowest BCUT2D eigenvalue weighted by molar-refractivity contribution is 0.0696. The van der Waals surface area contributed by atoms with Crippen molar-refractivity contribution in [3.8, 4) is 11.5 Å². The van der Waals surface area contributed by atoms with Gasteiger partial charge >= 0.3 is 5.97 Å². The van der Waals surface area contributed by atoms with Crippen LogP contribution in [0.4, 0.5) is 0 Å². The van der Waals surface area contributed by atoms with Gasteiger partial charge in [-0.05, 0) is 29.8 Å². The zero-order valence-electron chi connectivity index (χ0n) is 11.9. The molecule has 0 amide bonds. The number of hydrogen-bond donors (Lipinski definition) is 2. The lowest BCUT2D eigenvalue weighted by atomic mass is 10.1. The lowest BCUT2D eigenvalue weighted by Gasteiger charge is -2.08. The van der Waals surface area contributed by atoms with Gasteiger partial charge in [0.25, 0.3) is 0 Å². The molecule has 2 N–H and O–H groups in total. The van der Waals surface area contributed by atoms with Crippen LogP contribution in [-0.4, -0.2) is 26.3 Å². The van der Waals surface area contributed by atoms with Gasteiger partial charge < -0.3 is 14.6 Å². The van der Waals surface area contributed by atoms with Gasteiger partial charge in [0.2, 0.25) is 16.8 Å². The molecule has 23 heavy (non-hydrogen) atoms. The Morgan fingerprint density at radius 1 is 1.13 bits per heavy atom. The van der Waals surface area contributed by atoms with Crippen molar-refractivity contribution in [2.75, 3.05) is 6.79 Å². The summed E-state index contributed by atoms with van der Waals surface area (Å²) in [5, 5.41) is 8.94. The van der Waals surface area contributed by atoms with Crippen LogP contribution >= 0.6 is 0 Å². The second kappa shape index (κ2) is 5.90. The van der Waals surface area contributed by atoms with E-state index in [1.54, 1.807) is 12.1 Å². The summed E-state index contributed by atoms with van der Waals surface area (Å²) >= 11 is 0. The van der Waals surface area contributed by atoms with Gasteiger partial charge in [-0.2, -0.15) is 0 Å². The molecule has 0 unspecified atom stereocenters. The Morgan fingerprint density at radius 3 is 2.70 bits per heavy atom. The minimum atomic E-state index is -3.75. The highest BCUT2D eigenvalue weighted by Gasteiger charge is 2.20. The second-order valence-corrected chi connectivity index (χ2v) is 6.61. The van der Waals surface area contributed by atoms with Gasteiger partial charge in [0.15, 0.2) is 11.5 Å². The van der Waals surface area contributed by atoms with Crippen molar-refractivity contribution in [3.05, 3.63) is 53.6 Å². The van der Waals surface area contributed by atoms with E-state index in [9.17, 15) is 13.2 Å². The number of nitrogens with one attached hydrogen (secondary N) is 1. The fourth-order valence-electron chi connectivity index (χ4n) is 2.12. The largest absolute Gasteiger partial charge is 0.478 e. The quantitative estimate of drug-likeness (QED) is 0.860. The molecule has 1 aliphatic rings. The van der Waals surface area contributed by atoms with Crippen molar-refractivity contribution < 1.29 is 27.8 Å². The molecule has 0 aromatic heterocycles. The number of benzene rings is 2. The van der Waals surface area contributed by atoms with Crippen molar-refractivity contribution in [1.82, 2.24) is 4.72 Å². The highest BCUT2D eigenvalue weighted by molar-refractivity contribution is 7.89. The Labute approximate surface area is 132 Å². The van der Waals surface area contributed by atoms with E-state index in [1.165, 1.54) is 30.3 Å². The van der Waals surface area contributed by atoms with Gasteiger partial charge in [-0.25, -0.2) is 17.9 Å². The van der Waals surface area contributed by atoms with Crippen LogP contribution in [0.15, 0.2) is 47.4 Å². The monoisotopic (exact) mass is 335 g/mol. The van der Waals surface area contributed by atoms with E-state index < -0.39 is 16.0 Å². The smallest absolute Gasteiger partial charge is 0.335 e. The number of carboxylic acid groups (broad SMARTS) is 1. The number of fused-ring (bicyclic) bond motifs is 1. The fourth-order valence-corrected chi connectivity index (χ4v) is 3.15. The van der Waals surface area contributed by atoms with Crippen LogP contribution in [0.5, 0.6) is 11.5 Å². The maximum absolute atomic E-state index is 12.3. The summed E-state index contributed by atoms with van der Waals surface area (Å²) in [4.78, 5) is 11.0. The third kappa shape index (κ3) is 3.27. The molecule has 2 aromatic carbocycles. The molecule has 0 radical (unpaired) electrons. The van der Waals surface area contributed by atoms with E-state index in [0.717, 1.165) is 0 Å². The van der Waals surface area contributed by atoms with Crippen molar-refractivity contribution in [3.63, 3.8) is 0 Å². The van der Waals surface area contributed by atoms with E-state index in [-0.39, 0.29) is 23.8 Å². The standard InChI is InChI=1S/C15H13NO6S/c17-15(18)11-3-1-2-10(6-11)8-16-23(19,20)12-4-5-13-14(7-12)22-9-21-13/h1-7,16H,8-9H2,(H,17,18). The first kappa shape index (κ1) is 15.3. The minimum Gasteiger partial charge on any atom is -0.478 e. The number of hydrogen-bond acceptors (Lipinski definition) is 5. The molecule has 7 nitrogen and oxygen atoms in total. The Kier molecular flexibility index (Phi) is 3.93. The Balaban J connectivity index is 1.76. The first-order valence-electron chi connectivity index (χ1n) is 6.67. The zero-order valence-corrected chi connectivity index (χ0v) is 12.7. The number of sulfonamides is 1. The zero-order chi connectivity index (χ0) is 16.4. The molecule has 0 atom stereocenters. The van der Waals surface area contributed by atoms with Gasteiger partial charge in [-0.15, -0.1) is 0 Å². The molecule has 0 spiro atoms. The summed E-state index contributed by atoms with van der Waals surface area (Å²) in [6.45, 7) is 0.0478. The predicted octanol–water partition coefficient (Wildman–Crippen LogP) is 1.59. The van der Waals surface area contributed by atoms with Crippen molar-refractivity contribution in [1.29, 1.82) is 0 Å². The molecule has 0 aliphatic carbocycles. The van der Waals surface area contributed by atoms with Crippen molar-refractivity contribution in [2.24, 2.45) is 0 Å². The average Bonchev–Trinajstić information content (AvgIpc) is 3.01. The number of carbonyl (C=O) groups is 1. The van der Waals surface area contributed by atoms with Crippen LogP contribution in [0.1, 0.15) is 15.9 Å². The summed E-state index contributed by atoms with van der Waals surface area (Å²) in [6.07, 6.45) is 0. The molecule has 0 saturated carbocycles. The number of carboxylic acids is 1. The van der Waals surface area contributed by atoms with Gasteiger partial charge in [0, 0.05) is 12.6 Å². The summed E-state index contributed by atoms with van der Waals surface area (Å²) in [7, 11) is -3.75. The topological polar surface area (TPSA) is 102 Å². The minimum absolute atomic E-state index is 0.0160. The predicted molar refractivity (Wildman–Crippen MR) is 80.0 cm³/mol. The summed E-state index contributed by atoms with van der Waals surface area (Å²) < 4.78 is 37.3. The maximum atomic E-state index is 12.3. The summed E-state index contributed by atoms with van der Waals surface area (Å²) in [5.41, 5.74) is 0.652. The lowest BCUT2D eigenvalue weighted by Crippen LogP contribution is -2.23. The Morgan fingerprint density at radius 2 is 1.91 bits per heavy atom. The molecule has 2 aromatic rings. The third-order valence-corrected chi connectivity index (χ3v) is 4.69. The fraction of sp³-hybridized carbons (Fsp3) is 0.133. The molecular formula is C15H13NO6S. The van der Waals surface area contributed by atoms with E-state index in [0.29, 0.717) is 17.1 Å².